The molecule has 9 aliphatic heterocycles. The minimum Gasteiger partial charge on any atom is -0.479 e. The van der Waals surface area contributed by atoms with Gasteiger partial charge in [-0.1, -0.05) is 93.7 Å². The number of carboxylic acids is 1. The highest BCUT2D eigenvalue weighted by molar-refractivity contribution is 5.80. The molecule has 14 aliphatic rings. The molecule has 5 aliphatic carbocycles. The number of hydrogen-bond acceptors (Lipinski definition) is 49. The number of ether oxygens (including phenoxy) is 21. The van der Waals surface area contributed by atoms with Crippen LogP contribution in [0.4, 0.5) is 0 Å². The molecule has 0 amide bonds. The third kappa shape index (κ3) is 23.8. The number of aliphatic carboxylic acids is 1. The van der Waals surface area contributed by atoms with Gasteiger partial charge in [-0.2, -0.15) is 0 Å². The number of aliphatic hydroxyl groups is 23. The average molecular weight is 2160 g/mol. The van der Waals surface area contributed by atoms with Crippen molar-refractivity contribution in [2.75, 3.05) is 46.8 Å². The third-order valence-electron chi connectivity index (χ3n) is 35.9. The number of carbonyl (C=O) groups is 5. The van der Waals surface area contributed by atoms with Gasteiger partial charge in [0.05, 0.1) is 119 Å². The first-order valence-electron chi connectivity index (χ1n) is 52.6. The fraction of sp³-hybridized carbons (Fsp3) is 0.930. The van der Waals surface area contributed by atoms with E-state index in [1.54, 1.807) is 27.7 Å². The Morgan fingerprint density at radius 1 is 0.500 bits per heavy atom. The van der Waals surface area contributed by atoms with Gasteiger partial charge >= 0.3 is 23.9 Å². The van der Waals surface area contributed by atoms with E-state index in [9.17, 15) is 142 Å². The van der Waals surface area contributed by atoms with E-state index in [1.807, 2.05) is 27.7 Å². The second kappa shape index (κ2) is 48.7. The number of carboxylic acid groups (broad SMARTS) is 1. The first kappa shape index (κ1) is 121. The number of rotatable bonds is 38. The maximum Gasteiger partial charge on any atom is 0.335 e. The van der Waals surface area contributed by atoms with Gasteiger partial charge in [-0.25, -0.2) is 4.79 Å². The van der Waals surface area contributed by atoms with Crippen LogP contribution in [0.25, 0.3) is 0 Å². The summed E-state index contributed by atoms with van der Waals surface area (Å²) in [5, 5.41) is 269. The summed E-state index contributed by atoms with van der Waals surface area (Å²) in [7, 11) is 1.26. The Kier molecular flexibility index (Phi) is 39.3. The summed E-state index contributed by atoms with van der Waals surface area (Å²) in [5.74, 6) is -12.1. The number of fused-ring (bicyclic) bond motifs is 7. The summed E-state index contributed by atoms with van der Waals surface area (Å²) in [6, 6.07) is 0. The number of methoxy groups -OCH3 is 1. The van der Waals surface area contributed by atoms with Crippen molar-refractivity contribution in [3.8, 4) is 0 Å². The zero-order valence-electron chi connectivity index (χ0n) is 86.9. The van der Waals surface area contributed by atoms with Gasteiger partial charge in [0.25, 0.3) is 0 Å². The third-order valence-corrected chi connectivity index (χ3v) is 35.9. The van der Waals surface area contributed by atoms with Crippen molar-refractivity contribution >= 4 is 30.2 Å². The lowest BCUT2D eigenvalue weighted by molar-refractivity contribution is -0.424. The van der Waals surface area contributed by atoms with Crippen molar-refractivity contribution in [3.05, 3.63) is 11.6 Å². The van der Waals surface area contributed by atoms with Gasteiger partial charge in [-0.3, -0.25) is 14.4 Å². The number of aliphatic hydroxyl groups excluding tert-OH is 21. The lowest BCUT2D eigenvalue weighted by atomic mass is 9.33. The predicted molar refractivity (Wildman–Crippen MR) is 498 cm³/mol. The van der Waals surface area contributed by atoms with E-state index < -0.39 is 402 Å². The molecule has 50 nitrogen and oxygen atoms in total. The molecule has 0 aromatic carbocycles. The first-order valence-corrected chi connectivity index (χ1v) is 52.6. The molecule has 150 heavy (non-hydrogen) atoms. The van der Waals surface area contributed by atoms with Crippen molar-refractivity contribution in [2.24, 2.45) is 68.0 Å². The van der Waals surface area contributed by atoms with Crippen LogP contribution in [-0.4, -0.2) is 476 Å². The molecule has 0 spiro atoms. The molecule has 0 bridgehead atoms. The van der Waals surface area contributed by atoms with E-state index >= 15 is 4.79 Å². The summed E-state index contributed by atoms with van der Waals surface area (Å²) in [6.45, 7) is 19.5. The van der Waals surface area contributed by atoms with Crippen LogP contribution >= 0.6 is 0 Å². The van der Waals surface area contributed by atoms with E-state index in [4.69, 9.17) is 99.5 Å². The lowest BCUT2D eigenvalue weighted by Crippen LogP contribution is -2.70. The number of hydrogen-bond donors (Lipinski definition) is 24. The molecule has 862 valence electrons. The normalized spacial score (nSPS) is 48.3. The smallest absolute Gasteiger partial charge is 0.335 e. The zero-order chi connectivity index (χ0) is 110. The molecule has 24 N–H and O–H groups in total. The Labute approximate surface area is 867 Å². The number of esters is 3. The maximum atomic E-state index is 16.5. The highest BCUT2D eigenvalue weighted by Gasteiger charge is 2.74. The fourth-order valence-electron chi connectivity index (χ4n) is 26.1. The van der Waals surface area contributed by atoms with E-state index in [1.165, 1.54) is 27.9 Å². The van der Waals surface area contributed by atoms with E-state index in [0.29, 0.717) is 32.1 Å². The van der Waals surface area contributed by atoms with Crippen LogP contribution < -0.4 is 0 Å². The molecule has 9 heterocycles. The van der Waals surface area contributed by atoms with Crippen LogP contribution in [0.5, 0.6) is 0 Å². The summed E-state index contributed by atoms with van der Waals surface area (Å²) in [4.78, 5) is 72.7. The van der Waals surface area contributed by atoms with E-state index in [-0.39, 0.29) is 76.2 Å². The summed E-state index contributed by atoms with van der Waals surface area (Å²) >= 11 is 0. The van der Waals surface area contributed by atoms with Crippen molar-refractivity contribution in [2.45, 2.75) is 469 Å². The molecular formula is C100H162O50. The van der Waals surface area contributed by atoms with Gasteiger partial charge in [0, 0.05) is 32.3 Å². The second-order valence-electron chi connectivity index (χ2n) is 45.9. The highest BCUT2D eigenvalue weighted by atomic mass is 16.8. The minimum absolute atomic E-state index is 0.00350. The Morgan fingerprint density at radius 2 is 1.09 bits per heavy atom. The fourth-order valence-corrected chi connectivity index (χ4v) is 26.1. The van der Waals surface area contributed by atoms with Gasteiger partial charge in [0.15, 0.2) is 62.3 Å². The molecule has 14 rings (SSSR count). The van der Waals surface area contributed by atoms with Gasteiger partial charge in [0.2, 0.25) is 18.4 Å². The molecule has 0 aromatic heterocycles. The first-order chi connectivity index (χ1) is 70.5. The quantitative estimate of drug-likeness (QED) is 0.00684. The van der Waals surface area contributed by atoms with Crippen LogP contribution in [0.15, 0.2) is 11.6 Å². The molecule has 0 aromatic rings. The van der Waals surface area contributed by atoms with Gasteiger partial charge in [-0.15, -0.1) is 0 Å². The SMILES string of the molecule is CC[C@H](C)[C@H](C[C@H](O)CC(=O)O[C@@H]1[C@H](O)[C@@H](O[C@@H]2O[C@@H](C)[C@H](O[C@H]3C[C@@H](OC4OC[C@@H](O)[C@H](O)[C@H]4OC)[C@H](O)CO3)[C@@H](O)[C@H]2O)[C@H](OC(=O)[C@]23CCC(C)(C)C[C@H]2C2=CC[C@@H]4[C@@]5(C)CC[C@H](O[C@@H]6O[C@H](C(=O)O)[C@@H](O)[C@H](O[C@@H]7OC[C@@H](O)[C@H](O)C7(O)O)[C@H]6O[C@@H]6O[C@H](CO)[C@H](O)[C@H](O)[C@H]6O)[C@@](C)(C=O)[C@@H]5CC[C@@]4(C)[C@]2(C)C[C@H]3O)O[C@@H]1C)OC(=O)C[C@@H](O)C[C@H](O[C@@H]1O[C@@H](CO)[C@H](O)[C@H]1OC1O[C@@H](C)[C@H](O)[C@@H](CO)[C@H]1O)[C@@H](C)CC. The lowest BCUT2D eigenvalue weighted by Gasteiger charge is -2.71. The van der Waals surface area contributed by atoms with Crippen LogP contribution in [0, 0.1) is 68.0 Å². The average Bonchev–Trinajstić information content (AvgIpc) is 0.692. The van der Waals surface area contributed by atoms with Crippen molar-refractivity contribution in [3.63, 3.8) is 0 Å². The van der Waals surface area contributed by atoms with Crippen LogP contribution in [0.2, 0.25) is 0 Å². The molecule has 2 unspecified atom stereocenters. The van der Waals surface area contributed by atoms with Gasteiger partial charge in [0.1, 0.15) is 146 Å². The van der Waals surface area contributed by atoms with Crippen molar-refractivity contribution in [1.82, 2.24) is 0 Å². The Balaban J connectivity index is 0.696. The monoisotopic (exact) mass is 2160 g/mol. The Bertz CT molecular complexity index is 4470. The van der Waals surface area contributed by atoms with Crippen molar-refractivity contribution in [1.29, 1.82) is 0 Å². The zero-order valence-corrected chi connectivity index (χ0v) is 86.9. The summed E-state index contributed by atoms with van der Waals surface area (Å²) < 4.78 is 127. The Hall–Kier alpha value is -4.35. The van der Waals surface area contributed by atoms with Crippen molar-refractivity contribution < 1.29 is 246 Å². The van der Waals surface area contributed by atoms with Crippen LogP contribution in [0.1, 0.15) is 193 Å². The number of aldehydes is 1. The van der Waals surface area contributed by atoms with Gasteiger partial charge in [-0.05, 0) is 130 Å². The number of allylic oxidation sites excluding steroid dienone is 2. The van der Waals surface area contributed by atoms with Crippen LogP contribution in [0.3, 0.4) is 0 Å². The van der Waals surface area contributed by atoms with Crippen LogP contribution in [-0.2, 0) is 123 Å². The standard InChI is InChI=1S/C100H162O50/c1-15-39(3)52(137-61(111)27-45(106)26-53(40(4)16-2)138-90-80(68(117)56(34-103)141-90)146-85-65(114)46(32-101)64(113)41(5)134-85)25-44(105)28-62(112)143-76-43(7)136-89(81(73(76)122)147-86-72(121)70(119)75(42(6)135-86)144-63-29-54(49(107)35-131-63)139-88-79(130-14)66(115)50(108)36-132-88)150-92(127)99-24-23-94(8,9)30-48(99)47-17-18-58-95(10)21-20-60(96(11,38-104)57(95)19-22-97(58,12)98(47,13)31-59(99)110)142-91-82(148-87-71(120)69(118)67(116)55(33-102)140-87)77(74(123)78(145-91)84(125)126)149-93-100(128,129)83(124)51(109)37-133-93/h17,38-46,48-60,63-83,85-91,93,101-103,105-110,113-124,128-129H,15-16,18-37H2,1-14H3,(H,125,126)/t39-,40-,41-,42-,43+,44-,45-,46+,48-,49+,50+,51+,52-,53-,54+,55+,56-,57+,58+,59+,60-,63-,64-,65+,66-,67-,68-,69-,70-,71+,72+,73-,74-,75-,76-,77-,78-,79+,80+,81+,82+,83-,85?,86-,87-,88?,89-,90+,91+,93-,95-,96-,97+,98+,99+/m0/s1. The summed E-state index contributed by atoms with van der Waals surface area (Å²) in [5.41, 5.74) is -5.67. The van der Waals surface area contributed by atoms with E-state index in [0.717, 1.165) is 11.9 Å². The molecule has 55 atom stereocenters. The molecule has 0 radical (unpaired) electrons. The molecule has 9 saturated heterocycles. The minimum atomic E-state index is -3.49. The molecular weight excluding hydrogens is 2000 g/mol. The second-order valence-corrected chi connectivity index (χ2v) is 45.9. The highest BCUT2D eigenvalue weighted by Crippen LogP contribution is 2.76. The Morgan fingerprint density at radius 3 is 1.73 bits per heavy atom. The topological polar surface area (TPSA) is 765 Å². The predicted octanol–water partition coefficient (Wildman–Crippen LogP) is -5.58. The molecule has 50 heteroatoms. The number of carbonyl (C=O) groups excluding carboxylic acids is 4. The molecule has 4 saturated carbocycles. The largest absolute Gasteiger partial charge is 0.479 e. The molecule has 13 fully saturated rings. The summed E-state index contributed by atoms with van der Waals surface area (Å²) in [6.07, 6.45) is -71.0. The van der Waals surface area contributed by atoms with E-state index in [2.05, 4.69) is 19.9 Å². The maximum absolute atomic E-state index is 16.5. The van der Waals surface area contributed by atoms with Gasteiger partial charge < -0.3 is 227 Å².